The van der Waals surface area contributed by atoms with Crippen LogP contribution in [0.25, 0.3) is 0 Å². The van der Waals surface area contributed by atoms with E-state index in [9.17, 15) is 8.78 Å². The van der Waals surface area contributed by atoms with Crippen molar-refractivity contribution in [2.45, 2.75) is 13.0 Å². The highest BCUT2D eigenvalue weighted by atomic mass is 35.5. The summed E-state index contributed by atoms with van der Waals surface area (Å²) in [6.07, 6.45) is 0. The number of benzene rings is 2. The maximum Gasteiger partial charge on any atom is 0.159 e. The van der Waals surface area contributed by atoms with E-state index in [0.717, 1.165) is 23.3 Å². The van der Waals surface area contributed by atoms with Crippen molar-refractivity contribution in [1.29, 1.82) is 0 Å². The van der Waals surface area contributed by atoms with Crippen LogP contribution in [0.1, 0.15) is 22.7 Å². The van der Waals surface area contributed by atoms with Gasteiger partial charge in [0.25, 0.3) is 0 Å². The predicted molar refractivity (Wildman–Crippen MR) is 68.6 cm³/mol. The van der Waals surface area contributed by atoms with Gasteiger partial charge in [-0.05, 0) is 47.9 Å². The number of nitrogens with two attached hydrogens (primary N) is 1. The fourth-order valence-electron chi connectivity index (χ4n) is 1.84. The Balaban J connectivity index is 2.40. The van der Waals surface area contributed by atoms with E-state index in [0.29, 0.717) is 10.6 Å². The van der Waals surface area contributed by atoms with Gasteiger partial charge in [0.2, 0.25) is 0 Å². The second-order valence-corrected chi connectivity index (χ2v) is 4.65. The van der Waals surface area contributed by atoms with Crippen molar-refractivity contribution in [2.24, 2.45) is 5.73 Å². The third-order valence-corrected chi connectivity index (χ3v) is 2.94. The van der Waals surface area contributed by atoms with E-state index in [1.165, 1.54) is 6.07 Å². The number of rotatable bonds is 2. The minimum absolute atomic E-state index is 0.510. The van der Waals surface area contributed by atoms with Gasteiger partial charge in [0.05, 0.1) is 6.04 Å². The molecule has 0 aromatic heterocycles. The summed E-state index contributed by atoms with van der Waals surface area (Å²) in [5.41, 5.74) is 8.27. The van der Waals surface area contributed by atoms with Gasteiger partial charge >= 0.3 is 0 Å². The monoisotopic (exact) mass is 267 g/mol. The molecule has 0 saturated heterocycles. The van der Waals surface area contributed by atoms with Gasteiger partial charge < -0.3 is 5.73 Å². The highest BCUT2D eigenvalue weighted by Gasteiger charge is 2.12. The van der Waals surface area contributed by atoms with Crippen molar-refractivity contribution in [3.8, 4) is 0 Å². The van der Waals surface area contributed by atoms with E-state index < -0.39 is 17.7 Å². The molecule has 1 unspecified atom stereocenters. The predicted octanol–water partition coefficient (Wildman–Crippen LogP) is 3.97. The van der Waals surface area contributed by atoms with Crippen molar-refractivity contribution >= 4 is 11.6 Å². The molecule has 0 aliphatic heterocycles. The van der Waals surface area contributed by atoms with Gasteiger partial charge in [-0.1, -0.05) is 23.7 Å². The molecule has 1 atom stereocenters. The molecule has 1 nitrogen and oxygen atoms in total. The highest BCUT2D eigenvalue weighted by molar-refractivity contribution is 6.30. The normalized spacial score (nSPS) is 12.5. The standard InChI is InChI=1S/C14H12ClF2N/c1-8-4-10(6-11(15)5-8)14(18)9-2-3-12(16)13(17)7-9/h2-7,14H,18H2,1H3. The molecular formula is C14H12ClF2N. The van der Waals surface area contributed by atoms with Crippen LogP contribution in [0.5, 0.6) is 0 Å². The lowest BCUT2D eigenvalue weighted by Gasteiger charge is -2.14. The summed E-state index contributed by atoms with van der Waals surface area (Å²) in [6, 6.07) is 8.52. The Labute approximate surface area is 109 Å². The first-order valence-corrected chi connectivity index (χ1v) is 5.83. The van der Waals surface area contributed by atoms with Gasteiger partial charge in [0.15, 0.2) is 11.6 Å². The summed E-state index contributed by atoms with van der Waals surface area (Å²) >= 11 is 5.95. The van der Waals surface area contributed by atoms with Gasteiger partial charge in [0.1, 0.15) is 0 Å². The average molecular weight is 268 g/mol. The summed E-state index contributed by atoms with van der Waals surface area (Å²) < 4.78 is 26.0. The Bertz CT molecular complexity index is 564. The Morgan fingerprint density at radius 1 is 1.00 bits per heavy atom. The largest absolute Gasteiger partial charge is 0.320 e. The molecule has 0 saturated carbocycles. The maximum atomic E-state index is 13.2. The van der Waals surface area contributed by atoms with E-state index in [4.69, 9.17) is 17.3 Å². The van der Waals surface area contributed by atoms with Gasteiger partial charge in [-0.2, -0.15) is 0 Å². The maximum absolute atomic E-state index is 13.2. The summed E-state index contributed by atoms with van der Waals surface area (Å²) in [7, 11) is 0. The number of hydrogen-bond donors (Lipinski definition) is 1. The van der Waals surface area contributed by atoms with Crippen molar-refractivity contribution in [3.63, 3.8) is 0 Å². The van der Waals surface area contributed by atoms with E-state index >= 15 is 0 Å². The van der Waals surface area contributed by atoms with Crippen LogP contribution < -0.4 is 5.73 Å². The second-order valence-electron chi connectivity index (χ2n) is 4.21. The van der Waals surface area contributed by atoms with Crippen molar-refractivity contribution in [1.82, 2.24) is 0 Å². The lowest BCUT2D eigenvalue weighted by molar-refractivity contribution is 0.506. The molecular weight excluding hydrogens is 256 g/mol. The summed E-state index contributed by atoms with van der Waals surface area (Å²) in [5, 5.41) is 0.572. The zero-order valence-electron chi connectivity index (χ0n) is 9.75. The second kappa shape index (κ2) is 5.04. The topological polar surface area (TPSA) is 26.0 Å². The molecule has 2 aromatic carbocycles. The average Bonchev–Trinajstić information content (AvgIpc) is 2.30. The minimum Gasteiger partial charge on any atom is -0.320 e. The lowest BCUT2D eigenvalue weighted by atomic mass is 9.98. The molecule has 0 amide bonds. The molecule has 2 N–H and O–H groups in total. The van der Waals surface area contributed by atoms with Crippen LogP contribution in [-0.2, 0) is 0 Å². The van der Waals surface area contributed by atoms with Crippen LogP contribution in [0.3, 0.4) is 0 Å². The highest BCUT2D eigenvalue weighted by Crippen LogP contribution is 2.25. The van der Waals surface area contributed by atoms with Crippen LogP contribution in [0, 0.1) is 18.6 Å². The quantitative estimate of drug-likeness (QED) is 0.875. The van der Waals surface area contributed by atoms with Crippen LogP contribution in [-0.4, -0.2) is 0 Å². The first-order valence-electron chi connectivity index (χ1n) is 5.45. The molecule has 94 valence electrons. The number of hydrogen-bond acceptors (Lipinski definition) is 1. The zero-order chi connectivity index (χ0) is 13.3. The number of halogens is 3. The van der Waals surface area contributed by atoms with Gasteiger partial charge in [-0.15, -0.1) is 0 Å². The van der Waals surface area contributed by atoms with Crippen LogP contribution in [0.15, 0.2) is 36.4 Å². The molecule has 0 bridgehead atoms. The summed E-state index contributed by atoms with van der Waals surface area (Å²) in [4.78, 5) is 0. The first-order chi connectivity index (χ1) is 8.47. The third-order valence-electron chi connectivity index (χ3n) is 2.73. The fraction of sp³-hybridized carbons (Fsp3) is 0.143. The molecule has 2 rings (SSSR count). The molecule has 0 heterocycles. The number of aryl methyl sites for hydroxylation is 1. The van der Waals surface area contributed by atoms with Gasteiger partial charge in [-0.3, -0.25) is 0 Å². The van der Waals surface area contributed by atoms with Crippen LogP contribution >= 0.6 is 11.6 Å². The molecule has 0 aliphatic rings. The molecule has 0 radical (unpaired) electrons. The zero-order valence-corrected chi connectivity index (χ0v) is 10.5. The smallest absolute Gasteiger partial charge is 0.159 e. The lowest BCUT2D eigenvalue weighted by Crippen LogP contribution is -2.12. The molecule has 2 aromatic rings. The summed E-state index contributed by atoms with van der Waals surface area (Å²) in [5.74, 6) is -1.78. The Morgan fingerprint density at radius 2 is 1.72 bits per heavy atom. The van der Waals surface area contributed by atoms with E-state index in [2.05, 4.69) is 0 Å². The van der Waals surface area contributed by atoms with Gasteiger partial charge in [0, 0.05) is 5.02 Å². The van der Waals surface area contributed by atoms with Gasteiger partial charge in [-0.25, -0.2) is 8.78 Å². The molecule has 0 aliphatic carbocycles. The minimum atomic E-state index is -0.901. The molecule has 0 spiro atoms. The van der Waals surface area contributed by atoms with Crippen molar-refractivity contribution in [3.05, 3.63) is 69.7 Å². The molecule has 18 heavy (non-hydrogen) atoms. The molecule has 0 fully saturated rings. The van der Waals surface area contributed by atoms with Crippen LogP contribution in [0.4, 0.5) is 8.78 Å². The fourth-order valence-corrected chi connectivity index (χ4v) is 2.14. The van der Waals surface area contributed by atoms with Crippen LogP contribution in [0.2, 0.25) is 5.02 Å². The summed E-state index contributed by atoms with van der Waals surface area (Å²) in [6.45, 7) is 1.90. The molecule has 4 heteroatoms. The first kappa shape index (κ1) is 13.0. The van der Waals surface area contributed by atoms with Crippen molar-refractivity contribution in [2.75, 3.05) is 0 Å². The SMILES string of the molecule is Cc1cc(Cl)cc(C(N)c2ccc(F)c(F)c2)c1. The van der Waals surface area contributed by atoms with E-state index in [-0.39, 0.29) is 0 Å². The van der Waals surface area contributed by atoms with Crippen molar-refractivity contribution < 1.29 is 8.78 Å². The Morgan fingerprint density at radius 3 is 2.33 bits per heavy atom. The van der Waals surface area contributed by atoms with E-state index in [1.54, 1.807) is 6.07 Å². The Kier molecular flexibility index (Phi) is 3.64. The Hall–Kier alpha value is -1.45. The van der Waals surface area contributed by atoms with E-state index in [1.807, 2.05) is 19.1 Å². The third kappa shape index (κ3) is 2.68.